The predicted octanol–water partition coefficient (Wildman–Crippen LogP) is 7.72. The summed E-state index contributed by atoms with van der Waals surface area (Å²) >= 11 is 6.00. The Bertz CT molecular complexity index is 1660. The van der Waals surface area contributed by atoms with Crippen molar-refractivity contribution in [3.63, 3.8) is 0 Å². The molecule has 0 aromatic heterocycles. The molecule has 5 rings (SSSR count). The van der Waals surface area contributed by atoms with Gasteiger partial charge in [0.25, 0.3) is 0 Å². The molecule has 3 aliphatic rings. The minimum Gasteiger partial charge on any atom is -0.459 e. The Morgan fingerprint density at radius 3 is 2.55 bits per heavy atom. The second-order valence-electron chi connectivity index (χ2n) is 14.4. The van der Waals surface area contributed by atoms with Crippen molar-refractivity contribution in [2.24, 2.45) is 22.9 Å². The highest BCUT2D eigenvalue weighted by atomic mass is 35.5. The van der Waals surface area contributed by atoms with Crippen LogP contribution in [0.3, 0.4) is 0 Å². The fourth-order valence-electron chi connectivity index (χ4n) is 8.58. The third kappa shape index (κ3) is 10.1. The van der Waals surface area contributed by atoms with Gasteiger partial charge in [-0.05, 0) is 80.2 Å². The molecule has 2 amide bonds. The number of ether oxygens (including phenoxy) is 4. The minimum absolute atomic E-state index is 0.0103. The second-order valence-corrected chi connectivity index (χ2v) is 14.8. The van der Waals surface area contributed by atoms with Gasteiger partial charge in [-0.3, -0.25) is 4.90 Å². The summed E-state index contributed by atoms with van der Waals surface area (Å²) in [6, 6.07) is 14.5. The van der Waals surface area contributed by atoms with Crippen molar-refractivity contribution in [1.29, 1.82) is 0 Å². The van der Waals surface area contributed by atoms with Gasteiger partial charge in [0.1, 0.15) is 30.8 Å². The third-order valence-electron chi connectivity index (χ3n) is 10.8. The monoisotopic (exact) mass is 795 g/mol. The van der Waals surface area contributed by atoms with E-state index in [1.165, 1.54) is 0 Å². The Balaban J connectivity index is 1.76. The molecule has 0 spiro atoms. The Labute approximate surface area is 335 Å². The van der Waals surface area contributed by atoms with Gasteiger partial charge in [0, 0.05) is 44.2 Å². The van der Waals surface area contributed by atoms with Crippen molar-refractivity contribution in [2.45, 2.75) is 89.6 Å². The van der Waals surface area contributed by atoms with Crippen molar-refractivity contribution in [2.75, 3.05) is 45.4 Å². The summed E-state index contributed by atoms with van der Waals surface area (Å²) in [5.41, 5.74) is 3.38. The van der Waals surface area contributed by atoms with Gasteiger partial charge in [0.05, 0.1) is 24.1 Å². The first-order chi connectivity index (χ1) is 27.3. The fourth-order valence-corrected chi connectivity index (χ4v) is 8.66. The lowest BCUT2D eigenvalue weighted by molar-refractivity contribution is -0.255. The maximum Gasteiger partial charge on any atom is 0.412 e. The average Bonchev–Trinajstić information content (AvgIpc) is 3.20. The fraction of sp³-hybridized carbons (Fsp3) is 0.558. The molecule has 1 fully saturated rings. The topological polar surface area (TPSA) is 148 Å². The number of alkyl halides is 1. The Morgan fingerprint density at radius 1 is 1.09 bits per heavy atom. The highest BCUT2D eigenvalue weighted by Gasteiger charge is 2.65. The molecule has 2 aliphatic carbocycles. The molecule has 0 saturated heterocycles. The summed E-state index contributed by atoms with van der Waals surface area (Å²) in [4.78, 5) is 34.5. The lowest BCUT2D eigenvalue weighted by Gasteiger charge is -2.59. The van der Waals surface area contributed by atoms with Crippen LogP contribution in [0.1, 0.15) is 82.3 Å². The maximum absolute atomic E-state index is 14.0. The van der Waals surface area contributed by atoms with Gasteiger partial charge in [0.2, 0.25) is 5.79 Å². The zero-order chi connectivity index (χ0) is 39.9. The molecule has 1 saturated carbocycles. The largest absolute Gasteiger partial charge is 0.459 e. The number of carbonyl (C=O) groups excluding carboxylic acids is 2. The second kappa shape index (κ2) is 21.4. The first-order valence-corrected chi connectivity index (χ1v) is 20.6. The number of unbranched alkanes of at least 4 members (excludes halogenated alkanes) is 2. The summed E-state index contributed by atoms with van der Waals surface area (Å²) in [6.45, 7) is 9.13. The normalized spacial score (nSPS) is 24.2. The van der Waals surface area contributed by atoms with Crippen LogP contribution in [0.2, 0.25) is 0 Å². The molecule has 1 heterocycles. The number of aliphatic hydroxyl groups excluding tert-OH is 2. The smallest absolute Gasteiger partial charge is 0.412 e. The number of amides is 2. The first-order valence-electron chi connectivity index (χ1n) is 20.0. The van der Waals surface area contributed by atoms with E-state index >= 15 is 0 Å². The van der Waals surface area contributed by atoms with Gasteiger partial charge < -0.3 is 39.3 Å². The SMILES string of the molecule is C=CCO[C@@]12Oc3ccc(OC(=O)NCC)cc3[C@H]3[C@H](CCCCO)[C@@H](CCCCO)C=C(C(=NOCc4ccccc4)C[C@@H]1N(CCC)C(=O)OCCCl)[C@H]32. The number of hydrogen-bond acceptors (Lipinski definition) is 10. The number of fused-ring (bicyclic) bond motifs is 2. The van der Waals surface area contributed by atoms with Gasteiger partial charge in [-0.2, -0.15) is 0 Å². The number of oxime groups is 1. The highest BCUT2D eigenvalue weighted by molar-refractivity contribution is 6.18. The zero-order valence-electron chi connectivity index (χ0n) is 32.7. The van der Waals surface area contributed by atoms with E-state index in [1.54, 1.807) is 17.0 Å². The van der Waals surface area contributed by atoms with Crippen LogP contribution in [0.15, 0.2) is 78.0 Å². The van der Waals surface area contributed by atoms with Gasteiger partial charge in [-0.1, -0.05) is 67.4 Å². The van der Waals surface area contributed by atoms with Gasteiger partial charge in [-0.15, -0.1) is 18.2 Å². The summed E-state index contributed by atoms with van der Waals surface area (Å²) in [5.74, 6) is -1.10. The van der Waals surface area contributed by atoms with Crippen LogP contribution in [0.5, 0.6) is 11.5 Å². The van der Waals surface area contributed by atoms with E-state index in [0.717, 1.165) is 42.4 Å². The van der Waals surface area contributed by atoms with Crippen LogP contribution in [0.4, 0.5) is 9.59 Å². The van der Waals surface area contributed by atoms with Gasteiger partial charge >= 0.3 is 12.2 Å². The summed E-state index contributed by atoms with van der Waals surface area (Å²) in [5, 5.41) is 27.2. The zero-order valence-corrected chi connectivity index (χ0v) is 33.5. The van der Waals surface area contributed by atoms with Crippen LogP contribution < -0.4 is 14.8 Å². The summed E-state index contributed by atoms with van der Waals surface area (Å²) in [6.07, 6.45) is 8.17. The van der Waals surface area contributed by atoms with Crippen LogP contribution >= 0.6 is 11.6 Å². The van der Waals surface area contributed by atoms with E-state index in [0.29, 0.717) is 49.6 Å². The number of nitrogens with one attached hydrogen (secondary N) is 1. The van der Waals surface area contributed by atoms with E-state index in [-0.39, 0.29) is 63.1 Å². The maximum atomic E-state index is 14.0. The molecule has 306 valence electrons. The number of allylic oxidation sites excluding steroid dienone is 1. The lowest BCUT2D eigenvalue weighted by atomic mass is 9.55. The van der Waals surface area contributed by atoms with E-state index < -0.39 is 29.9 Å². The van der Waals surface area contributed by atoms with Gasteiger partial charge in [-0.25, -0.2) is 9.59 Å². The molecule has 3 N–H and O–H groups in total. The van der Waals surface area contributed by atoms with E-state index in [1.807, 2.05) is 56.3 Å². The Hall–Kier alpha value is -4.10. The Morgan fingerprint density at radius 2 is 1.86 bits per heavy atom. The lowest BCUT2D eigenvalue weighted by Crippen LogP contribution is -2.70. The molecular formula is C43H58ClN3O9. The average molecular weight is 796 g/mol. The van der Waals surface area contributed by atoms with Crippen molar-refractivity contribution in [1.82, 2.24) is 10.2 Å². The number of nitrogens with zero attached hydrogens (tertiary/aromatic N) is 2. The summed E-state index contributed by atoms with van der Waals surface area (Å²) < 4.78 is 25.6. The van der Waals surface area contributed by atoms with Crippen molar-refractivity contribution in [3.8, 4) is 11.5 Å². The molecule has 0 bridgehead atoms. The molecule has 2 aromatic carbocycles. The molecule has 13 heteroatoms. The third-order valence-corrected chi connectivity index (χ3v) is 11.0. The standard InChI is InChI=1S/C43H58ClN3O9/c1-4-21-47(42(51)52-25-20-44)38-28-36(46-54-29-30-14-8-7-9-15-30)34-26-31(16-10-12-22-48)33(17-11-13-23-49)39-35-27-32(55-41(50)45-6-3)18-19-37(35)56-43(38,40(34)39)53-24-5-2/h5,7-9,14-15,18-19,26-27,31,33,38-40,48-49H,2,4,6,10-13,16-17,20-25,28-29H2,1,3H3,(H,45,50)/t31-,33+,38-,39+,40+,43+/m0/s1. The molecule has 56 heavy (non-hydrogen) atoms. The Kier molecular flexibility index (Phi) is 16.5. The summed E-state index contributed by atoms with van der Waals surface area (Å²) in [7, 11) is 0. The quantitative estimate of drug-likeness (QED) is 0.0500. The van der Waals surface area contributed by atoms with Crippen molar-refractivity contribution < 1.29 is 43.6 Å². The number of benzene rings is 2. The molecule has 6 atom stereocenters. The van der Waals surface area contributed by atoms with E-state index in [4.69, 9.17) is 40.5 Å². The number of hydrogen-bond donors (Lipinski definition) is 3. The first kappa shape index (κ1) is 43.0. The van der Waals surface area contributed by atoms with Gasteiger partial charge in [0.15, 0.2) is 0 Å². The van der Waals surface area contributed by atoms with E-state index in [2.05, 4.69) is 18.0 Å². The van der Waals surface area contributed by atoms with Crippen LogP contribution in [0, 0.1) is 17.8 Å². The molecule has 2 aromatic rings. The molecule has 0 radical (unpaired) electrons. The van der Waals surface area contributed by atoms with Crippen LogP contribution in [-0.4, -0.2) is 90.2 Å². The van der Waals surface area contributed by atoms with E-state index in [9.17, 15) is 19.8 Å². The molecular weight excluding hydrogens is 738 g/mol. The number of aliphatic hydroxyl groups is 2. The number of carbonyl (C=O) groups is 2. The number of halogens is 1. The van der Waals surface area contributed by atoms with Crippen LogP contribution in [0.25, 0.3) is 0 Å². The number of rotatable bonds is 21. The predicted molar refractivity (Wildman–Crippen MR) is 215 cm³/mol. The molecule has 0 unspecified atom stereocenters. The molecule has 12 nitrogen and oxygen atoms in total. The minimum atomic E-state index is -1.43. The van der Waals surface area contributed by atoms with Crippen LogP contribution in [-0.2, 0) is 20.9 Å². The molecule has 1 aliphatic heterocycles. The highest BCUT2D eigenvalue weighted by Crippen LogP contribution is 2.62. The van der Waals surface area contributed by atoms with Crippen molar-refractivity contribution in [3.05, 3.63) is 84.0 Å². The van der Waals surface area contributed by atoms with Crippen molar-refractivity contribution >= 4 is 29.5 Å².